The third-order valence-corrected chi connectivity index (χ3v) is 5.35. The Morgan fingerprint density at radius 3 is 2.21 bits per heavy atom. The van der Waals surface area contributed by atoms with Gasteiger partial charge in [0, 0.05) is 10.0 Å². The average Bonchev–Trinajstić information content (AvgIpc) is 3.19. The van der Waals surface area contributed by atoms with Crippen LogP contribution in [0.15, 0.2) is 53.6 Å². The van der Waals surface area contributed by atoms with E-state index in [2.05, 4.69) is 10.5 Å². The van der Waals surface area contributed by atoms with Crippen molar-refractivity contribution in [3.05, 3.63) is 64.1 Å². The highest BCUT2D eigenvalue weighted by Crippen LogP contribution is 2.45. The number of halogens is 2. The van der Waals surface area contributed by atoms with E-state index in [0.29, 0.717) is 21.3 Å². The Balaban J connectivity index is 1.88. The van der Waals surface area contributed by atoms with Crippen LogP contribution in [0.2, 0.25) is 10.0 Å². The van der Waals surface area contributed by atoms with E-state index in [1.165, 1.54) is 7.11 Å². The zero-order valence-corrected chi connectivity index (χ0v) is 16.0. The lowest BCUT2D eigenvalue weighted by Crippen LogP contribution is -2.48. The molecule has 1 saturated heterocycles. The second-order valence-electron chi connectivity index (χ2n) is 6.30. The lowest BCUT2D eigenvalue weighted by Gasteiger charge is -2.26. The molecule has 9 heteroatoms. The molecule has 0 spiro atoms. The fourth-order valence-corrected chi connectivity index (χ4v) is 3.78. The van der Waals surface area contributed by atoms with Gasteiger partial charge in [0.1, 0.15) is 5.92 Å². The van der Waals surface area contributed by atoms with Gasteiger partial charge in [-0.1, -0.05) is 35.3 Å². The molecule has 0 radical (unpaired) electrons. The summed E-state index contributed by atoms with van der Waals surface area (Å²) < 4.78 is 4.75. The summed E-state index contributed by atoms with van der Waals surface area (Å²) in [4.78, 5) is 40.0. The van der Waals surface area contributed by atoms with Crippen LogP contribution < -0.4 is 10.3 Å². The number of carbonyl (C=O) groups excluding carboxylic acids is 3. The van der Waals surface area contributed by atoms with Crippen LogP contribution in [-0.4, -0.2) is 30.6 Å². The van der Waals surface area contributed by atoms with E-state index in [1.54, 1.807) is 48.5 Å². The molecular weight excluding hydrogens is 405 g/mol. The molecule has 2 aromatic rings. The first-order chi connectivity index (χ1) is 13.4. The summed E-state index contributed by atoms with van der Waals surface area (Å²) in [6.45, 7) is 0. The number of ether oxygens (including phenoxy) is 1. The molecule has 28 heavy (non-hydrogen) atoms. The number of hydrogen-bond acceptors (Lipinski definition) is 6. The molecule has 2 heterocycles. The Hall–Kier alpha value is -2.90. The van der Waals surface area contributed by atoms with Crippen LogP contribution in [0.3, 0.4) is 0 Å². The highest BCUT2D eigenvalue weighted by Gasteiger charge is 2.67. The van der Waals surface area contributed by atoms with Crippen molar-refractivity contribution < 1.29 is 19.1 Å². The third-order valence-electron chi connectivity index (χ3n) is 4.85. The van der Waals surface area contributed by atoms with Gasteiger partial charge in [0.25, 0.3) is 5.91 Å². The maximum atomic E-state index is 13.5. The van der Waals surface area contributed by atoms with Crippen LogP contribution >= 0.6 is 23.2 Å². The number of benzene rings is 2. The molecular formula is C19H13Cl2N3O4. The molecule has 0 aromatic heterocycles. The summed E-state index contributed by atoms with van der Waals surface area (Å²) in [5.41, 5.74) is 1.80. The van der Waals surface area contributed by atoms with Crippen LogP contribution in [-0.2, 0) is 24.7 Å². The molecule has 2 aromatic carbocycles. The predicted molar refractivity (Wildman–Crippen MR) is 103 cm³/mol. The van der Waals surface area contributed by atoms with Crippen molar-refractivity contribution in [3.63, 3.8) is 0 Å². The zero-order chi connectivity index (χ0) is 20.1. The number of fused-ring (bicyclic) bond motifs is 1. The van der Waals surface area contributed by atoms with Gasteiger partial charge in [-0.05, 0) is 42.0 Å². The highest BCUT2D eigenvalue weighted by atomic mass is 35.5. The monoisotopic (exact) mass is 417 g/mol. The smallest absolute Gasteiger partial charge is 0.355 e. The van der Waals surface area contributed by atoms with E-state index in [4.69, 9.17) is 27.9 Å². The first-order valence-corrected chi connectivity index (χ1v) is 8.99. The Morgan fingerprint density at radius 2 is 1.64 bits per heavy atom. The fourth-order valence-electron chi connectivity index (χ4n) is 3.53. The van der Waals surface area contributed by atoms with E-state index in [9.17, 15) is 14.4 Å². The molecule has 2 amide bonds. The maximum absolute atomic E-state index is 13.5. The number of nitrogens with one attached hydrogen (secondary N) is 1. The van der Waals surface area contributed by atoms with Gasteiger partial charge in [-0.25, -0.2) is 9.69 Å². The van der Waals surface area contributed by atoms with Crippen molar-refractivity contribution in [2.45, 2.75) is 5.54 Å². The maximum Gasteiger partial charge on any atom is 0.355 e. The second-order valence-corrected chi connectivity index (χ2v) is 7.18. The summed E-state index contributed by atoms with van der Waals surface area (Å²) >= 11 is 11.9. The molecule has 2 atom stereocenters. The highest BCUT2D eigenvalue weighted by molar-refractivity contribution is 6.47. The molecule has 7 nitrogen and oxygen atoms in total. The summed E-state index contributed by atoms with van der Waals surface area (Å²) in [7, 11) is 1.19. The molecule has 0 aliphatic carbocycles. The Morgan fingerprint density at radius 1 is 1.07 bits per heavy atom. The number of imide groups is 1. The number of esters is 1. The normalized spacial score (nSPS) is 23.3. The van der Waals surface area contributed by atoms with Gasteiger partial charge < -0.3 is 4.74 Å². The van der Waals surface area contributed by atoms with Crippen molar-refractivity contribution in [1.82, 2.24) is 5.43 Å². The quantitative estimate of drug-likeness (QED) is 0.612. The van der Waals surface area contributed by atoms with Gasteiger partial charge in [0.2, 0.25) is 5.91 Å². The van der Waals surface area contributed by atoms with Crippen LogP contribution in [0.1, 0.15) is 5.56 Å². The molecule has 2 aliphatic heterocycles. The summed E-state index contributed by atoms with van der Waals surface area (Å²) in [5.74, 6) is -3.11. The minimum atomic E-state index is -1.56. The van der Waals surface area contributed by atoms with E-state index in [0.717, 1.165) is 4.90 Å². The number of anilines is 1. The molecule has 1 unspecified atom stereocenters. The SMILES string of the molecule is COC(=O)C1=NN[C@]2(c3ccc(Cl)cc3)C(=O)N(c3ccc(Cl)cc3)C(=O)C12. The molecule has 0 saturated carbocycles. The number of rotatable bonds is 3. The Bertz CT molecular complexity index is 1020. The largest absolute Gasteiger partial charge is 0.464 e. The fraction of sp³-hybridized carbons (Fsp3) is 0.158. The Labute approximate surface area is 169 Å². The zero-order valence-electron chi connectivity index (χ0n) is 14.5. The van der Waals surface area contributed by atoms with Gasteiger partial charge in [-0.2, -0.15) is 5.10 Å². The number of nitrogens with zero attached hydrogens (tertiary/aromatic N) is 2. The first-order valence-electron chi connectivity index (χ1n) is 8.23. The molecule has 1 N–H and O–H groups in total. The molecule has 2 aliphatic rings. The summed E-state index contributed by atoms with van der Waals surface area (Å²) in [6.07, 6.45) is 0. The van der Waals surface area contributed by atoms with Crippen molar-refractivity contribution in [2.24, 2.45) is 11.0 Å². The lowest BCUT2D eigenvalue weighted by atomic mass is 9.79. The van der Waals surface area contributed by atoms with Crippen molar-refractivity contribution in [3.8, 4) is 0 Å². The lowest BCUT2D eigenvalue weighted by molar-refractivity contribution is -0.133. The first kappa shape index (κ1) is 18.5. The number of amides is 2. The molecule has 142 valence electrons. The number of methoxy groups -OCH3 is 1. The van der Waals surface area contributed by atoms with Crippen LogP contribution in [0.4, 0.5) is 5.69 Å². The van der Waals surface area contributed by atoms with E-state index in [1.807, 2.05) is 0 Å². The Kier molecular flexibility index (Phi) is 4.36. The number of hydrogen-bond donors (Lipinski definition) is 1. The standard InChI is InChI=1S/C19H13Cl2N3O4/c1-28-17(26)15-14-16(25)24(13-8-6-12(21)7-9-13)18(27)19(14,23-22-15)10-2-4-11(20)5-3-10/h2-9,14,23H,1H3/t14?,19-/m0/s1. The molecule has 0 bridgehead atoms. The van der Waals surface area contributed by atoms with Crippen molar-refractivity contribution >= 4 is 52.4 Å². The summed E-state index contributed by atoms with van der Waals surface area (Å²) in [5, 5.41) is 4.91. The molecule has 4 rings (SSSR count). The van der Waals surface area contributed by atoms with Crippen molar-refractivity contribution in [1.29, 1.82) is 0 Å². The topological polar surface area (TPSA) is 88.1 Å². The second kappa shape index (κ2) is 6.61. The predicted octanol–water partition coefficient (Wildman–Crippen LogP) is 2.51. The van der Waals surface area contributed by atoms with Gasteiger partial charge in [-0.15, -0.1) is 0 Å². The van der Waals surface area contributed by atoms with E-state index in [-0.39, 0.29) is 5.71 Å². The van der Waals surface area contributed by atoms with Crippen LogP contribution in [0.5, 0.6) is 0 Å². The third kappa shape index (κ3) is 2.51. The van der Waals surface area contributed by atoms with Crippen LogP contribution in [0, 0.1) is 5.92 Å². The van der Waals surface area contributed by atoms with Gasteiger partial charge in [0.15, 0.2) is 11.3 Å². The molecule has 1 fully saturated rings. The van der Waals surface area contributed by atoms with Gasteiger partial charge >= 0.3 is 5.97 Å². The van der Waals surface area contributed by atoms with Gasteiger partial charge in [0.05, 0.1) is 12.8 Å². The van der Waals surface area contributed by atoms with Crippen LogP contribution in [0.25, 0.3) is 0 Å². The minimum Gasteiger partial charge on any atom is -0.464 e. The minimum absolute atomic E-state index is 0.160. The average molecular weight is 418 g/mol. The van der Waals surface area contributed by atoms with Gasteiger partial charge in [-0.3, -0.25) is 15.0 Å². The van der Waals surface area contributed by atoms with E-state index >= 15 is 0 Å². The van der Waals surface area contributed by atoms with Crippen molar-refractivity contribution in [2.75, 3.05) is 12.0 Å². The number of hydrazone groups is 1. The summed E-state index contributed by atoms with van der Waals surface area (Å²) in [6, 6.07) is 12.7. The number of carbonyl (C=O) groups is 3. The van der Waals surface area contributed by atoms with E-state index < -0.39 is 29.2 Å².